The number of likely N-dealkylation sites (tertiary alicyclic amines) is 1. The number of nitrogens with one attached hydrogen (secondary N) is 1. The first-order valence-electron chi connectivity index (χ1n) is 10.1. The Labute approximate surface area is 176 Å². The third kappa shape index (κ3) is 5.05. The van der Waals surface area contributed by atoms with Crippen molar-refractivity contribution >= 4 is 17.7 Å². The average molecular weight is 404 g/mol. The fourth-order valence-corrected chi connectivity index (χ4v) is 4.62. The molecule has 1 N–H and O–H groups in total. The third-order valence-electron chi connectivity index (χ3n) is 5.20. The Hall–Kier alpha value is -2.63. The third-order valence-corrected chi connectivity index (χ3v) is 6.22. The first-order chi connectivity index (χ1) is 14.3. The van der Waals surface area contributed by atoms with Gasteiger partial charge in [0.25, 0.3) is 5.91 Å². The van der Waals surface area contributed by atoms with Crippen LogP contribution in [0.1, 0.15) is 34.8 Å². The van der Waals surface area contributed by atoms with Crippen LogP contribution < -0.4 is 5.32 Å². The first kappa shape index (κ1) is 19.7. The average Bonchev–Trinajstić information content (AvgIpc) is 3.30. The van der Waals surface area contributed by atoms with Gasteiger partial charge in [-0.15, -0.1) is 0 Å². The van der Waals surface area contributed by atoms with Gasteiger partial charge in [0.1, 0.15) is 5.03 Å². The van der Waals surface area contributed by atoms with Crippen LogP contribution in [0.2, 0.25) is 0 Å². The fraction of sp³-hybridized carbons (Fsp3) is 0.250. The van der Waals surface area contributed by atoms with Crippen LogP contribution in [0.3, 0.4) is 0 Å². The first-order valence-corrected chi connectivity index (χ1v) is 10.9. The lowest BCUT2D eigenvalue weighted by molar-refractivity contribution is 0.0934. The topological polar surface area (TPSA) is 45.2 Å². The van der Waals surface area contributed by atoms with Gasteiger partial charge in [0.2, 0.25) is 0 Å². The molecule has 1 aliphatic rings. The van der Waals surface area contributed by atoms with Crippen LogP contribution in [0.15, 0.2) is 88.9 Å². The Kier molecular flexibility index (Phi) is 6.60. The van der Waals surface area contributed by atoms with Gasteiger partial charge in [-0.05, 0) is 55.8 Å². The van der Waals surface area contributed by atoms with E-state index in [1.165, 1.54) is 30.2 Å². The zero-order valence-corrected chi connectivity index (χ0v) is 17.1. The molecular formula is C24H25N3OS. The lowest BCUT2D eigenvalue weighted by Gasteiger charge is -2.28. The maximum atomic E-state index is 13.0. The number of hydrogen-bond acceptors (Lipinski definition) is 4. The van der Waals surface area contributed by atoms with E-state index in [2.05, 4.69) is 39.5 Å². The number of rotatable bonds is 7. The zero-order chi connectivity index (χ0) is 19.9. The summed E-state index contributed by atoms with van der Waals surface area (Å²) < 4.78 is 0. The molecule has 0 aliphatic carbocycles. The second-order valence-corrected chi connectivity index (χ2v) is 8.21. The van der Waals surface area contributed by atoms with E-state index in [0.29, 0.717) is 12.1 Å². The van der Waals surface area contributed by atoms with Crippen molar-refractivity contribution in [2.75, 3.05) is 19.6 Å². The summed E-state index contributed by atoms with van der Waals surface area (Å²) in [4.78, 5) is 21.0. The van der Waals surface area contributed by atoms with E-state index >= 15 is 0 Å². The van der Waals surface area contributed by atoms with Crippen molar-refractivity contribution in [3.8, 4) is 0 Å². The summed E-state index contributed by atoms with van der Waals surface area (Å²) >= 11 is 1.52. The molecule has 148 valence electrons. The highest BCUT2D eigenvalue weighted by Gasteiger charge is 2.24. The van der Waals surface area contributed by atoms with E-state index in [9.17, 15) is 4.79 Å². The van der Waals surface area contributed by atoms with Crippen molar-refractivity contribution in [2.24, 2.45) is 0 Å². The van der Waals surface area contributed by atoms with Crippen molar-refractivity contribution in [3.63, 3.8) is 0 Å². The van der Waals surface area contributed by atoms with Gasteiger partial charge in [-0.25, -0.2) is 4.98 Å². The molecule has 1 aromatic heterocycles. The molecule has 1 atom stereocenters. The molecule has 1 unspecified atom stereocenters. The van der Waals surface area contributed by atoms with E-state index in [1.807, 2.05) is 48.5 Å². The predicted molar refractivity (Wildman–Crippen MR) is 117 cm³/mol. The molecule has 2 heterocycles. The molecule has 3 aromatic rings. The Bertz CT molecular complexity index is 927. The fourth-order valence-electron chi connectivity index (χ4n) is 3.72. The largest absolute Gasteiger partial charge is 0.350 e. The van der Waals surface area contributed by atoms with Gasteiger partial charge in [-0.2, -0.15) is 0 Å². The van der Waals surface area contributed by atoms with Gasteiger partial charge >= 0.3 is 0 Å². The molecule has 1 aliphatic heterocycles. The molecule has 0 radical (unpaired) electrons. The van der Waals surface area contributed by atoms with Gasteiger partial charge in [0, 0.05) is 17.6 Å². The van der Waals surface area contributed by atoms with Crippen LogP contribution in [0, 0.1) is 0 Å². The lowest BCUT2D eigenvalue weighted by Crippen LogP contribution is -2.37. The van der Waals surface area contributed by atoms with Gasteiger partial charge in [-0.3, -0.25) is 9.69 Å². The number of nitrogens with zero attached hydrogens (tertiary/aromatic N) is 2. The maximum Gasteiger partial charge on any atom is 0.254 e. The van der Waals surface area contributed by atoms with Gasteiger partial charge in [-0.1, -0.05) is 60.3 Å². The van der Waals surface area contributed by atoms with E-state index in [1.54, 1.807) is 6.20 Å². The number of aromatic nitrogens is 1. The Morgan fingerprint density at radius 3 is 2.38 bits per heavy atom. The Morgan fingerprint density at radius 1 is 0.966 bits per heavy atom. The second-order valence-electron chi connectivity index (χ2n) is 7.15. The summed E-state index contributed by atoms with van der Waals surface area (Å²) in [6.45, 7) is 2.75. The molecule has 0 spiro atoms. The number of benzene rings is 2. The van der Waals surface area contributed by atoms with Crippen molar-refractivity contribution in [1.29, 1.82) is 0 Å². The van der Waals surface area contributed by atoms with E-state index < -0.39 is 0 Å². The van der Waals surface area contributed by atoms with E-state index in [0.717, 1.165) is 23.0 Å². The SMILES string of the molecule is O=C(NCC(c1ccccc1)N1CCCC1)c1cccnc1Sc1ccccc1. The highest BCUT2D eigenvalue weighted by atomic mass is 32.2. The molecule has 1 saturated heterocycles. The molecule has 5 heteroatoms. The minimum Gasteiger partial charge on any atom is -0.350 e. The molecule has 0 bridgehead atoms. The maximum absolute atomic E-state index is 13.0. The summed E-state index contributed by atoms with van der Waals surface area (Å²) in [5, 5.41) is 3.90. The summed E-state index contributed by atoms with van der Waals surface area (Å²) in [6, 6.07) is 24.3. The standard InChI is InChI=1S/C24H25N3OS/c28-23(21-14-9-15-25-24(21)29-20-12-5-2-6-13-20)26-18-22(27-16-7-8-17-27)19-10-3-1-4-11-19/h1-6,9-15,22H,7-8,16-18H2,(H,26,28). The summed E-state index contributed by atoms with van der Waals surface area (Å²) in [5.41, 5.74) is 1.87. The van der Waals surface area contributed by atoms with E-state index in [4.69, 9.17) is 0 Å². The minimum absolute atomic E-state index is 0.0725. The Morgan fingerprint density at radius 2 is 1.66 bits per heavy atom. The number of carbonyl (C=O) groups is 1. The molecule has 2 aromatic carbocycles. The van der Waals surface area contributed by atoms with Crippen LogP contribution in [-0.2, 0) is 0 Å². The number of carbonyl (C=O) groups excluding carboxylic acids is 1. The molecule has 4 nitrogen and oxygen atoms in total. The molecule has 1 fully saturated rings. The second kappa shape index (κ2) is 9.72. The van der Waals surface area contributed by atoms with Crippen molar-refractivity contribution in [3.05, 3.63) is 90.1 Å². The monoisotopic (exact) mass is 403 g/mol. The van der Waals surface area contributed by atoms with Gasteiger partial charge < -0.3 is 5.32 Å². The molecular weight excluding hydrogens is 378 g/mol. The molecule has 0 saturated carbocycles. The number of amides is 1. The van der Waals surface area contributed by atoms with Crippen LogP contribution >= 0.6 is 11.8 Å². The number of pyridine rings is 1. The molecule has 29 heavy (non-hydrogen) atoms. The van der Waals surface area contributed by atoms with Crippen LogP contribution in [-0.4, -0.2) is 35.4 Å². The van der Waals surface area contributed by atoms with Crippen molar-refractivity contribution in [1.82, 2.24) is 15.2 Å². The smallest absolute Gasteiger partial charge is 0.254 e. The van der Waals surface area contributed by atoms with Crippen molar-refractivity contribution < 1.29 is 4.79 Å². The lowest BCUT2D eigenvalue weighted by atomic mass is 10.1. The van der Waals surface area contributed by atoms with E-state index in [-0.39, 0.29) is 11.9 Å². The normalized spacial score (nSPS) is 15.2. The summed E-state index contributed by atoms with van der Waals surface area (Å²) in [6.07, 6.45) is 4.18. The molecule has 4 rings (SSSR count). The van der Waals surface area contributed by atoms with Gasteiger partial charge in [0.15, 0.2) is 0 Å². The quantitative estimate of drug-likeness (QED) is 0.615. The van der Waals surface area contributed by atoms with Crippen LogP contribution in [0.4, 0.5) is 0 Å². The highest BCUT2D eigenvalue weighted by Crippen LogP contribution is 2.29. The summed E-state index contributed by atoms with van der Waals surface area (Å²) in [7, 11) is 0. The Balaban J connectivity index is 1.48. The predicted octanol–water partition coefficient (Wildman–Crippen LogP) is 4.80. The minimum atomic E-state index is -0.0725. The molecule has 1 amide bonds. The van der Waals surface area contributed by atoms with Crippen LogP contribution in [0.5, 0.6) is 0 Å². The summed E-state index contributed by atoms with van der Waals surface area (Å²) in [5.74, 6) is -0.0725. The zero-order valence-electron chi connectivity index (χ0n) is 16.3. The van der Waals surface area contributed by atoms with Crippen molar-refractivity contribution in [2.45, 2.75) is 28.8 Å². The van der Waals surface area contributed by atoms with Gasteiger partial charge in [0.05, 0.1) is 11.6 Å². The number of hydrogen-bond donors (Lipinski definition) is 1. The highest BCUT2D eigenvalue weighted by molar-refractivity contribution is 7.99. The van der Waals surface area contributed by atoms with Crippen LogP contribution in [0.25, 0.3) is 0 Å².